The Labute approximate surface area is 138 Å². The Kier molecular flexibility index (Phi) is 4.04. The van der Waals surface area contributed by atoms with E-state index in [2.05, 4.69) is 15.5 Å². The van der Waals surface area contributed by atoms with Gasteiger partial charge in [0.1, 0.15) is 5.54 Å². The van der Waals surface area contributed by atoms with Crippen LogP contribution in [-0.2, 0) is 5.54 Å². The van der Waals surface area contributed by atoms with Crippen molar-refractivity contribution in [1.82, 2.24) is 15.5 Å². The van der Waals surface area contributed by atoms with Crippen LogP contribution >= 0.6 is 0 Å². The van der Waals surface area contributed by atoms with E-state index < -0.39 is 10.5 Å². The average Bonchev–Trinajstić information content (AvgIpc) is 3.16. The fraction of sp³-hybridized carbons (Fsp3) is 0.438. The van der Waals surface area contributed by atoms with Crippen molar-refractivity contribution in [3.05, 3.63) is 51.2 Å². The van der Waals surface area contributed by atoms with Gasteiger partial charge in [0.05, 0.1) is 4.92 Å². The highest BCUT2D eigenvalue weighted by atomic mass is 16.6. The maximum atomic E-state index is 12.7. The van der Waals surface area contributed by atoms with Gasteiger partial charge in [-0.3, -0.25) is 14.9 Å². The Hall–Kier alpha value is -2.77. The Bertz CT molecular complexity index is 793. The van der Waals surface area contributed by atoms with Gasteiger partial charge in [-0.25, -0.2) is 0 Å². The van der Waals surface area contributed by atoms with E-state index in [9.17, 15) is 14.9 Å². The highest BCUT2D eigenvalue weighted by molar-refractivity contribution is 5.95. The van der Waals surface area contributed by atoms with Gasteiger partial charge in [0.2, 0.25) is 5.89 Å². The van der Waals surface area contributed by atoms with Crippen LogP contribution in [0.15, 0.2) is 22.7 Å². The van der Waals surface area contributed by atoms with Crippen molar-refractivity contribution in [3.8, 4) is 0 Å². The minimum Gasteiger partial charge on any atom is -0.340 e. The predicted octanol–water partition coefficient (Wildman–Crippen LogP) is 2.79. The summed E-state index contributed by atoms with van der Waals surface area (Å²) in [7, 11) is 0. The van der Waals surface area contributed by atoms with E-state index in [1.165, 1.54) is 18.2 Å². The largest absolute Gasteiger partial charge is 0.340 e. The molecule has 0 spiro atoms. The van der Waals surface area contributed by atoms with E-state index >= 15 is 0 Å². The van der Waals surface area contributed by atoms with Crippen molar-refractivity contribution >= 4 is 11.6 Å². The van der Waals surface area contributed by atoms with Crippen LogP contribution in [0.5, 0.6) is 0 Å². The first-order valence-electron chi connectivity index (χ1n) is 7.80. The van der Waals surface area contributed by atoms with E-state index in [-0.39, 0.29) is 11.6 Å². The summed E-state index contributed by atoms with van der Waals surface area (Å²) >= 11 is 0. The highest BCUT2D eigenvalue weighted by Gasteiger charge is 2.41. The Balaban J connectivity index is 1.87. The molecule has 8 nitrogen and oxygen atoms in total. The topological polar surface area (TPSA) is 111 Å². The van der Waals surface area contributed by atoms with Crippen LogP contribution in [0.4, 0.5) is 5.69 Å². The second-order valence-corrected chi connectivity index (χ2v) is 6.14. The number of benzene rings is 1. The van der Waals surface area contributed by atoms with Gasteiger partial charge in [-0.2, -0.15) is 4.98 Å². The van der Waals surface area contributed by atoms with Crippen LogP contribution in [0.3, 0.4) is 0 Å². The van der Waals surface area contributed by atoms with E-state index in [1.807, 2.05) is 0 Å². The minimum absolute atomic E-state index is 0.00378. The molecular weight excluding hydrogens is 312 g/mol. The van der Waals surface area contributed by atoms with E-state index in [0.717, 1.165) is 25.7 Å². The van der Waals surface area contributed by atoms with Crippen LogP contribution < -0.4 is 5.32 Å². The number of nitro groups is 1. The lowest BCUT2D eigenvalue weighted by Gasteiger charge is -2.26. The molecule has 0 saturated heterocycles. The normalized spacial score (nSPS) is 16.1. The number of carbonyl (C=O) groups excluding carboxylic acids is 1. The number of hydrogen-bond acceptors (Lipinski definition) is 6. The van der Waals surface area contributed by atoms with Crippen molar-refractivity contribution in [2.75, 3.05) is 0 Å². The van der Waals surface area contributed by atoms with Crippen LogP contribution in [-0.4, -0.2) is 21.0 Å². The molecule has 1 aromatic carbocycles. The number of aryl methyl sites for hydroxylation is 2. The SMILES string of the molecule is Cc1nc(C2(NC(=O)c3ccc([N+](=O)[O-])c(C)c3)CCCC2)no1. The number of nitro benzene ring substituents is 1. The molecule has 1 aliphatic rings. The molecule has 1 aromatic heterocycles. The van der Waals surface area contributed by atoms with Crippen molar-refractivity contribution in [2.24, 2.45) is 0 Å². The summed E-state index contributed by atoms with van der Waals surface area (Å²) < 4.78 is 5.06. The first-order chi connectivity index (χ1) is 11.4. The van der Waals surface area contributed by atoms with Gasteiger partial charge in [0, 0.05) is 24.1 Å². The monoisotopic (exact) mass is 330 g/mol. The van der Waals surface area contributed by atoms with Gasteiger partial charge in [-0.05, 0) is 31.9 Å². The fourth-order valence-electron chi connectivity index (χ4n) is 3.17. The molecule has 1 saturated carbocycles. The molecule has 0 aliphatic heterocycles. The summed E-state index contributed by atoms with van der Waals surface area (Å²) in [5.41, 5.74) is 0.189. The third kappa shape index (κ3) is 2.86. The molecular formula is C16H18N4O4. The summed E-state index contributed by atoms with van der Waals surface area (Å²) in [4.78, 5) is 27.4. The quantitative estimate of drug-likeness (QED) is 0.681. The molecule has 2 aromatic rings. The maximum absolute atomic E-state index is 12.7. The molecule has 1 heterocycles. The number of aromatic nitrogens is 2. The molecule has 8 heteroatoms. The summed E-state index contributed by atoms with van der Waals surface area (Å²) in [6, 6.07) is 4.34. The highest BCUT2D eigenvalue weighted by Crippen LogP contribution is 2.37. The summed E-state index contributed by atoms with van der Waals surface area (Å²) in [6.07, 6.45) is 3.41. The van der Waals surface area contributed by atoms with Crippen LogP contribution in [0, 0.1) is 24.0 Å². The predicted molar refractivity (Wildman–Crippen MR) is 84.5 cm³/mol. The fourth-order valence-corrected chi connectivity index (χ4v) is 3.17. The van der Waals surface area contributed by atoms with Gasteiger partial charge < -0.3 is 9.84 Å². The lowest BCUT2D eigenvalue weighted by atomic mass is 9.95. The Morgan fingerprint density at radius 1 is 1.33 bits per heavy atom. The van der Waals surface area contributed by atoms with E-state index in [1.54, 1.807) is 13.8 Å². The Morgan fingerprint density at radius 3 is 2.58 bits per heavy atom. The molecule has 0 radical (unpaired) electrons. The summed E-state index contributed by atoms with van der Waals surface area (Å²) in [5, 5.41) is 17.9. The van der Waals surface area contributed by atoms with Gasteiger partial charge in [-0.15, -0.1) is 0 Å². The first-order valence-corrected chi connectivity index (χ1v) is 7.80. The number of rotatable bonds is 4. The number of amides is 1. The molecule has 3 rings (SSSR count). The summed E-state index contributed by atoms with van der Waals surface area (Å²) in [6.45, 7) is 3.32. The third-order valence-corrected chi connectivity index (χ3v) is 4.42. The summed E-state index contributed by atoms with van der Waals surface area (Å²) in [5.74, 6) is 0.651. The number of nitrogens with zero attached hydrogens (tertiary/aromatic N) is 3. The van der Waals surface area contributed by atoms with Crippen LogP contribution in [0.1, 0.15) is 53.3 Å². The molecule has 0 bridgehead atoms. The maximum Gasteiger partial charge on any atom is 0.272 e. The lowest BCUT2D eigenvalue weighted by molar-refractivity contribution is -0.385. The average molecular weight is 330 g/mol. The zero-order valence-electron chi connectivity index (χ0n) is 13.5. The number of nitrogens with one attached hydrogen (secondary N) is 1. The van der Waals surface area contributed by atoms with Crippen molar-refractivity contribution < 1.29 is 14.2 Å². The number of hydrogen-bond donors (Lipinski definition) is 1. The third-order valence-electron chi connectivity index (χ3n) is 4.42. The minimum atomic E-state index is -0.634. The molecule has 1 N–H and O–H groups in total. The van der Waals surface area contributed by atoms with E-state index in [0.29, 0.717) is 22.8 Å². The van der Waals surface area contributed by atoms with Gasteiger partial charge in [-0.1, -0.05) is 18.0 Å². The number of carbonyl (C=O) groups is 1. The van der Waals surface area contributed by atoms with Crippen molar-refractivity contribution in [1.29, 1.82) is 0 Å². The second kappa shape index (κ2) is 6.03. The van der Waals surface area contributed by atoms with Gasteiger partial charge in [0.15, 0.2) is 5.82 Å². The molecule has 126 valence electrons. The van der Waals surface area contributed by atoms with Crippen molar-refractivity contribution in [2.45, 2.75) is 45.1 Å². The zero-order chi connectivity index (χ0) is 17.3. The van der Waals surface area contributed by atoms with E-state index in [4.69, 9.17) is 4.52 Å². The van der Waals surface area contributed by atoms with Crippen molar-refractivity contribution in [3.63, 3.8) is 0 Å². The zero-order valence-corrected chi connectivity index (χ0v) is 13.5. The first kappa shape index (κ1) is 16.1. The molecule has 1 fully saturated rings. The Morgan fingerprint density at radius 2 is 2.04 bits per heavy atom. The molecule has 0 unspecified atom stereocenters. The molecule has 1 aliphatic carbocycles. The van der Waals surface area contributed by atoms with Crippen LogP contribution in [0.25, 0.3) is 0 Å². The standard InChI is InChI=1S/C16H18N4O4/c1-10-9-12(5-6-13(10)20(22)23)14(21)18-16(7-3-4-8-16)15-17-11(2)24-19-15/h5-6,9H,3-4,7-8H2,1-2H3,(H,18,21). The second-order valence-electron chi connectivity index (χ2n) is 6.14. The van der Waals surface area contributed by atoms with Gasteiger partial charge in [0.25, 0.3) is 11.6 Å². The van der Waals surface area contributed by atoms with Gasteiger partial charge >= 0.3 is 0 Å². The molecule has 0 atom stereocenters. The lowest BCUT2D eigenvalue weighted by Crippen LogP contribution is -2.44. The molecule has 1 amide bonds. The smallest absolute Gasteiger partial charge is 0.272 e. The van der Waals surface area contributed by atoms with Crippen LogP contribution in [0.2, 0.25) is 0 Å². The molecule has 24 heavy (non-hydrogen) atoms.